The molecule has 116 valence electrons. The fraction of sp³-hybridized carbons (Fsp3) is 0.529. The summed E-state index contributed by atoms with van der Waals surface area (Å²) in [6.45, 7) is 4.41. The van der Waals surface area contributed by atoms with Gasteiger partial charge in [-0.15, -0.1) is 0 Å². The molecule has 0 saturated carbocycles. The minimum atomic E-state index is -1.02. The molecule has 4 heteroatoms. The highest BCUT2D eigenvalue weighted by atomic mass is 16.4. The van der Waals surface area contributed by atoms with Crippen LogP contribution in [0.3, 0.4) is 0 Å². The molecule has 1 aromatic rings. The molecule has 0 saturated heterocycles. The van der Waals surface area contributed by atoms with E-state index in [1.165, 1.54) is 31.0 Å². The second-order valence-electron chi connectivity index (χ2n) is 5.83. The lowest BCUT2D eigenvalue weighted by Crippen LogP contribution is -2.06. The van der Waals surface area contributed by atoms with Crippen molar-refractivity contribution in [2.45, 2.75) is 52.4 Å². The van der Waals surface area contributed by atoms with Crippen molar-refractivity contribution in [3.8, 4) is 0 Å². The Balaban J connectivity index is 2.57. The maximum absolute atomic E-state index is 11.2. The molecular formula is C17H24O4. The summed E-state index contributed by atoms with van der Waals surface area (Å²) in [5.41, 5.74) is 0.975. The lowest BCUT2D eigenvalue weighted by Gasteiger charge is -2.08. The number of hydrogen-bond donors (Lipinski definition) is 2. The predicted molar refractivity (Wildman–Crippen MR) is 82.0 cm³/mol. The van der Waals surface area contributed by atoms with Crippen LogP contribution in [0.2, 0.25) is 0 Å². The van der Waals surface area contributed by atoms with Gasteiger partial charge in [-0.1, -0.05) is 39.5 Å². The standard InChI is InChI=1S/C17H24O4/c1-12(2)7-5-3-4-6-8-13-11-14(16(18)19)9-10-15(13)17(20)21/h9-12H,3-8H2,1-2H3,(H,18,19)(H,20,21). The second kappa shape index (κ2) is 8.45. The van der Waals surface area contributed by atoms with Crippen LogP contribution in [0.1, 0.15) is 72.2 Å². The number of unbranched alkanes of at least 4 members (excludes halogenated alkanes) is 3. The van der Waals surface area contributed by atoms with Gasteiger partial charge in [-0.2, -0.15) is 0 Å². The summed E-state index contributed by atoms with van der Waals surface area (Å²) in [6.07, 6.45) is 6.10. The smallest absolute Gasteiger partial charge is 0.335 e. The van der Waals surface area contributed by atoms with Crippen molar-refractivity contribution in [3.63, 3.8) is 0 Å². The molecule has 0 amide bonds. The number of carbonyl (C=O) groups is 2. The zero-order chi connectivity index (χ0) is 15.8. The maximum Gasteiger partial charge on any atom is 0.335 e. The van der Waals surface area contributed by atoms with Gasteiger partial charge in [-0.3, -0.25) is 0 Å². The van der Waals surface area contributed by atoms with Gasteiger partial charge in [0.05, 0.1) is 11.1 Å². The first kappa shape index (κ1) is 17.2. The Kier molecular flexibility index (Phi) is 6.92. The van der Waals surface area contributed by atoms with Crippen molar-refractivity contribution in [2.24, 2.45) is 5.92 Å². The fourth-order valence-electron chi connectivity index (χ4n) is 2.36. The molecule has 0 spiro atoms. The molecule has 0 aromatic heterocycles. The van der Waals surface area contributed by atoms with Crippen LogP contribution in [-0.4, -0.2) is 22.2 Å². The minimum absolute atomic E-state index is 0.148. The highest BCUT2D eigenvalue weighted by Crippen LogP contribution is 2.17. The van der Waals surface area contributed by atoms with Gasteiger partial charge in [-0.25, -0.2) is 9.59 Å². The van der Waals surface area contributed by atoms with Gasteiger partial charge in [0, 0.05) is 0 Å². The lowest BCUT2D eigenvalue weighted by molar-refractivity contribution is 0.0680. The Labute approximate surface area is 125 Å². The van der Waals surface area contributed by atoms with E-state index in [2.05, 4.69) is 13.8 Å². The quantitative estimate of drug-likeness (QED) is 0.668. The van der Waals surface area contributed by atoms with Crippen molar-refractivity contribution >= 4 is 11.9 Å². The van der Waals surface area contributed by atoms with Crippen LogP contribution >= 0.6 is 0 Å². The first-order valence-corrected chi connectivity index (χ1v) is 7.51. The zero-order valence-electron chi connectivity index (χ0n) is 12.8. The predicted octanol–water partition coefficient (Wildman–Crippen LogP) is 4.23. The van der Waals surface area contributed by atoms with E-state index in [4.69, 9.17) is 10.2 Å². The van der Waals surface area contributed by atoms with E-state index in [1.54, 1.807) is 0 Å². The maximum atomic E-state index is 11.2. The molecule has 1 aromatic carbocycles. The van der Waals surface area contributed by atoms with E-state index in [-0.39, 0.29) is 11.1 Å². The van der Waals surface area contributed by atoms with Crippen molar-refractivity contribution in [2.75, 3.05) is 0 Å². The van der Waals surface area contributed by atoms with Crippen LogP contribution in [0.15, 0.2) is 18.2 Å². The number of aryl methyl sites for hydroxylation is 1. The number of benzene rings is 1. The van der Waals surface area contributed by atoms with Gasteiger partial charge < -0.3 is 10.2 Å². The number of carboxylic acids is 2. The average Bonchev–Trinajstić information content (AvgIpc) is 2.41. The molecule has 2 N–H and O–H groups in total. The van der Waals surface area contributed by atoms with E-state index >= 15 is 0 Å². The third-order valence-corrected chi connectivity index (χ3v) is 3.56. The summed E-state index contributed by atoms with van der Waals surface area (Å²) in [4.78, 5) is 22.1. The third-order valence-electron chi connectivity index (χ3n) is 3.56. The molecule has 4 nitrogen and oxygen atoms in total. The van der Waals surface area contributed by atoms with Gasteiger partial charge >= 0.3 is 11.9 Å². The molecule has 0 fully saturated rings. The van der Waals surface area contributed by atoms with Gasteiger partial charge in [0.2, 0.25) is 0 Å². The van der Waals surface area contributed by atoms with Crippen LogP contribution < -0.4 is 0 Å². The minimum Gasteiger partial charge on any atom is -0.478 e. The van der Waals surface area contributed by atoms with E-state index in [0.29, 0.717) is 12.0 Å². The van der Waals surface area contributed by atoms with Crippen molar-refractivity contribution in [1.82, 2.24) is 0 Å². The summed E-state index contributed by atoms with van der Waals surface area (Å²) in [7, 11) is 0. The largest absolute Gasteiger partial charge is 0.478 e. The molecule has 21 heavy (non-hydrogen) atoms. The highest BCUT2D eigenvalue weighted by Gasteiger charge is 2.13. The normalized spacial score (nSPS) is 10.8. The zero-order valence-corrected chi connectivity index (χ0v) is 12.8. The Morgan fingerprint density at radius 1 is 1.00 bits per heavy atom. The number of rotatable bonds is 9. The Morgan fingerprint density at radius 3 is 2.24 bits per heavy atom. The summed E-state index contributed by atoms with van der Waals surface area (Å²) >= 11 is 0. The average molecular weight is 292 g/mol. The van der Waals surface area contributed by atoms with Gasteiger partial charge in [0.25, 0.3) is 0 Å². The topological polar surface area (TPSA) is 74.6 Å². The van der Waals surface area contributed by atoms with E-state index in [1.807, 2.05) is 0 Å². The molecule has 0 aliphatic carbocycles. The number of carboxylic acid groups (broad SMARTS) is 2. The van der Waals surface area contributed by atoms with Crippen molar-refractivity contribution < 1.29 is 19.8 Å². The van der Waals surface area contributed by atoms with Crippen LogP contribution in [0.25, 0.3) is 0 Å². The highest BCUT2D eigenvalue weighted by molar-refractivity contribution is 5.93. The van der Waals surface area contributed by atoms with Crippen LogP contribution in [-0.2, 0) is 6.42 Å². The molecule has 0 aliphatic rings. The second-order valence-corrected chi connectivity index (χ2v) is 5.83. The molecule has 0 aliphatic heterocycles. The number of hydrogen-bond acceptors (Lipinski definition) is 2. The third kappa shape index (κ3) is 5.98. The number of aromatic carboxylic acids is 2. The first-order chi connectivity index (χ1) is 9.91. The summed E-state index contributed by atoms with van der Waals surface area (Å²) in [6, 6.07) is 4.22. The molecular weight excluding hydrogens is 268 g/mol. The van der Waals surface area contributed by atoms with Gasteiger partial charge in [0.1, 0.15) is 0 Å². The SMILES string of the molecule is CC(C)CCCCCCc1cc(C(=O)O)ccc1C(=O)O. The molecule has 0 heterocycles. The Hall–Kier alpha value is -1.84. The molecule has 0 atom stereocenters. The van der Waals surface area contributed by atoms with Crippen LogP contribution in [0.5, 0.6) is 0 Å². The summed E-state index contributed by atoms with van der Waals surface area (Å²) < 4.78 is 0. The molecule has 0 bridgehead atoms. The fourth-order valence-corrected chi connectivity index (χ4v) is 2.36. The Bertz CT molecular complexity index is 492. The lowest BCUT2D eigenvalue weighted by atomic mass is 9.97. The van der Waals surface area contributed by atoms with Gasteiger partial charge in [0.15, 0.2) is 0 Å². The summed E-state index contributed by atoms with van der Waals surface area (Å²) in [5.74, 6) is -1.30. The van der Waals surface area contributed by atoms with Crippen molar-refractivity contribution in [3.05, 3.63) is 34.9 Å². The monoisotopic (exact) mass is 292 g/mol. The molecule has 0 unspecified atom stereocenters. The van der Waals surface area contributed by atoms with Crippen LogP contribution in [0, 0.1) is 5.92 Å². The van der Waals surface area contributed by atoms with Gasteiger partial charge in [-0.05, 0) is 42.5 Å². The van der Waals surface area contributed by atoms with E-state index < -0.39 is 11.9 Å². The summed E-state index contributed by atoms with van der Waals surface area (Å²) in [5, 5.41) is 18.1. The Morgan fingerprint density at radius 2 is 1.67 bits per heavy atom. The van der Waals surface area contributed by atoms with Crippen molar-refractivity contribution in [1.29, 1.82) is 0 Å². The van der Waals surface area contributed by atoms with E-state index in [0.717, 1.165) is 25.2 Å². The molecule has 0 radical (unpaired) electrons. The van der Waals surface area contributed by atoms with Crippen LogP contribution in [0.4, 0.5) is 0 Å². The molecule has 1 rings (SSSR count). The van der Waals surface area contributed by atoms with E-state index in [9.17, 15) is 9.59 Å². The first-order valence-electron chi connectivity index (χ1n) is 7.51.